The minimum Gasteiger partial charge on any atom is -0.352 e. The third-order valence-electron chi connectivity index (χ3n) is 3.16. The van der Waals surface area contributed by atoms with E-state index in [9.17, 15) is 0 Å². The zero-order valence-corrected chi connectivity index (χ0v) is 12.7. The van der Waals surface area contributed by atoms with Crippen molar-refractivity contribution in [3.8, 4) is 5.95 Å². The van der Waals surface area contributed by atoms with E-state index < -0.39 is 0 Å². The highest BCUT2D eigenvalue weighted by molar-refractivity contribution is 6.28. The number of hydrogen-bond acceptors (Lipinski definition) is 5. The summed E-state index contributed by atoms with van der Waals surface area (Å²) in [5.74, 6) is 1.60. The maximum atomic E-state index is 5.95. The average molecular weight is 295 g/mol. The van der Waals surface area contributed by atoms with Crippen molar-refractivity contribution in [2.45, 2.75) is 39.7 Å². The Bertz CT molecular complexity index is 542. The molecule has 0 fully saturated rings. The standard InChI is InChI=1S/C13H19ClN6/c1-4-9(2)7-10(3)16-12-17-11(14)18-13(19-12)20-6-5-15-8-20/h5-6,8-10H,4,7H2,1-3H3,(H,16,17,18,19). The topological polar surface area (TPSA) is 68.5 Å². The van der Waals surface area contributed by atoms with Gasteiger partial charge < -0.3 is 5.32 Å². The van der Waals surface area contributed by atoms with Crippen molar-refractivity contribution in [3.63, 3.8) is 0 Å². The molecule has 0 saturated heterocycles. The van der Waals surface area contributed by atoms with E-state index >= 15 is 0 Å². The summed E-state index contributed by atoms with van der Waals surface area (Å²) < 4.78 is 1.69. The van der Waals surface area contributed by atoms with E-state index in [4.69, 9.17) is 11.6 Å². The van der Waals surface area contributed by atoms with Gasteiger partial charge in [0.2, 0.25) is 17.2 Å². The quantitative estimate of drug-likeness (QED) is 0.887. The predicted octanol–water partition coefficient (Wildman–Crippen LogP) is 2.95. The molecule has 2 unspecified atom stereocenters. The smallest absolute Gasteiger partial charge is 0.241 e. The number of anilines is 1. The lowest BCUT2D eigenvalue weighted by Crippen LogP contribution is -2.20. The third-order valence-corrected chi connectivity index (χ3v) is 3.33. The Morgan fingerprint density at radius 2 is 2.10 bits per heavy atom. The van der Waals surface area contributed by atoms with Gasteiger partial charge in [-0.25, -0.2) is 4.98 Å². The molecule has 0 aliphatic rings. The highest BCUT2D eigenvalue weighted by atomic mass is 35.5. The van der Waals surface area contributed by atoms with Crippen LogP contribution in [0.2, 0.25) is 5.28 Å². The summed E-state index contributed by atoms with van der Waals surface area (Å²) in [6, 6.07) is 0.277. The summed E-state index contributed by atoms with van der Waals surface area (Å²) in [6.07, 6.45) is 7.26. The molecule has 2 aromatic heterocycles. The highest BCUT2D eigenvalue weighted by Crippen LogP contribution is 2.14. The van der Waals surface area contributed by atoms with Crippen molar-refractivity contribution in [1.29, 1.82) is 0 Å². The Labute approximate surface area is 123 Å². The van der Waals surface area contributed by atoms with Crippen LogP contribution in [0.25, 0.3) is 5.95 Å². The van der Waals surface area contributed by atoms with Gasteiger partial charge in [-0.05, 0) is 30.9 Å². The predicted molar refractivity (Wildman–Crippen MR) is 79.1 cm³/mol. The fourth-order valence-corrected chi connectivity index (χ4v) is 2.10. The van der Waals surface area contributed by atoms with Crippen molar-refractivity contribution in [1.82, 2.24) is 24.5 Å². The first-order valence-corrected chi connectivity index (χ1v) is 7.12. The summed E-state index contributed by atoms with van der Waals surface area (Å²) >= 11 is 5.95. The van der Waals surface area contributed by atoms with Crippen LogP contribution in [0.5, 0.6) is 0 Å². The van der Waals surface area contributed by atoms with Crippen molar-refractivity contribution < 1.29 is 0 Å². The number of rotatable bonds is 6. The summed E-state index contributed by atoms with van der Waals surface area (Å²) in [5, 5.41) is 3.44. The second kappa shape index (κ2) is 6.65. The van der Waals surface area contributed by atoms with Gasteiger partial charge in [-0.15, -0.1) is 0 Å². The number of aromatic nitrogens is 5. The Morgan fingerprint density at radius 3 is 2.75 bits per heavy atom. The molecule has 0 radical (unpaired) electrons. The molecular weight excluding hydrogens is 276 g/mol. The Hall–Kier alpha value is -1.69. The normalized spacial score (nSPS) is 14.0. The fraction of sp³-hybridized carbons (Fsp3) is 0.538. The molecule has 0 aromatic carbocycles. The minimum absolute atomic E-state index is 0.168. The molecule has 2 rings (SSSR count). The maximum Gasteiger partial charge on any atom is 0.241 e. The van der Waals surface area contributed by atoms with Crippen molar-refractivity contribution in [2.75, 3.05) is 5.32 Å². The van der Waals surface area contributed by atoms with Crippen molar-refractivity contribution >= 4 is 17.5 Å². The molecule has 0 aliphatic heterocycles. The molecule has 2 atom stereocenters. The molecule has 2 heterocycles. The Kier molecular flexibility index (Phi) is 4.89. The molecule has 0 amide bonds. The van der Waals surface area contributed by atoms with Crippen LogP contribution >= 0.6 is 11.6 Å². The average Bonchev–Trinajstić information content (AvgIpc) is 2.91. The van der Waals surface area contributed by atoms with Crippen LogP contribution < -0.4 is 5.32 Å². The van der Waals surface area contributed by atoms with E-state index in [1.165, 1.54) is 0 Å². The number of nitrogens with zero attached hydrogens (tertiary/aromatic N) is 5. The van der Waals surface area contributed by atoms with E-state index in [2.05, 4.69) is 46.0 Å². The molecule has 108 valence electrons. The zero-order chi connectivity index (χ0) is 14.5. The van der Waals surface area contributed by atoms with Crippen LogP contribution in [-0.2, 0) is 0 Å². The molecule has 0 spiro atoms. The zero-order valence-electron chi connectivity index (χ0n) is 11.9. The molecule has 0 aliphatic carbocycles. The number of halogens is 1. The van der Waals surface area contributed by atoms with Crippen LogP contribution in [0.15, 0.2) is 18.7 Å². The minimum atomic E-state index is 0.168. The van der Waals surface area contributed by atoms with Crippen LogP contribution in [0.4, 0.5) is 5.95 Å². The molecule has 20 heavy (non-hydrogen) atoms. The number of imidazole rings is 1. The van der Waals surface area contributed by atoms with Gasteiger partial charge in [-0.3, -0.25) is 4.57 Å². The van der Waals surface area contributed by atoms with Crippen molar-refractivity contribution in [2.24, 2.45) is 5.92 Å². The molecule has 6 nitrogen and oxygen atoms in total. The van der Waals surface area contributed by atoms with Crippen LogP contribution in [0.1, 0.15) is 33.6 Å². The number of hydrogen-bond donors (Lipinski definition) is 1. The maximum absolute atomic E-state index is 5.95. The first-order valence-electron chi connectivity index (χ1n) is 6.75. The first kappa shape index (κ1) is 14.7. The van der Waals surface area contributed by atoms with Gasteiger partial charge in [0.15, 0.2) is 0 Å². The first-order chi connectivity index (χ1) is 9.58. The van der Waals surface area contributed by atoms with E-state index in [-0.39, 0.29) is 11.3 Å². The highest BCUT2D eigenvalue weighted by Gasteiger charge is 2.11. The van der Waals surface area contributed by atoms with Crippen LogP contribution in [0, 0.1) is 5.92 Å². The third kappa shape index (κ3) is 3.90. The molecular formula is C13H19ClN6. The second-order valence-electron chi connectivity index (χ2n) is 4.99. The fourth-order valence-electron chi connectivity index (χ4n) is 1.95. The summed E-state index contributed by atoms with van der Waals surface area (Å²) in [6.45, 7) is 6.53. The molecule has 1 N–H and O–H groups in total. The van der Waals surface area contributed by atoms with Gasteiger partial charge in [-0.1, -0.05) is 20.3 Å². The monoisotopic (exact) mass is 294 g/mol. The van der Waals surface area contributed by atoms with Gasteiger partial charge in [0.05, 0.1) is 0 Å². The molecule has 7 heteroatoms. The van der Waals surface area contributed by atoms with Gasteiger partial charge in [0.25, 0.3) is 0 Å². The van der Waals surface area contributed by atoms with Gasteiger partial charge in [-0.2, -0.15) is 15.0 Å². The van der Waals surface area contributed by atoms with E-state index in [1.807, 2.05) is 0 Å². The lowest BCUT2D eigenvalue weighted by Gasteiger charge is -2.17. The van der Waals surface area contributed by atoms with Gasteiger partial charge >= 0.3 is 0 Å². The van der Waals surface area contributed by atoms with Crippen LogP contribution in [0.3, 0.4) is 0 Å². The summed E-state index contributed by atoms with van der Waals surface area (Å²) in [5.41, 5.74) is 0. The van der Waals surface area contributed by atoms with E-state index in [0.29, 0.717) is 17.8 Å². The largest absolute Gasteiger partial charge is 0.352 e. The molecule has 0 bridgehead atoms. The molecule has 2 aromatic rings. The van der Waals surface area contributed by atoms with E-state index in [1.54, 1.807) is 23.3 Å². The van der Waals surface area contributed by atoms with Gasteiger partial charge in [0, 0.05) is 18.4 Å². The van der Waals surface area contributed by atoms with E-state index in [0.717, 1.165) is 12.8 Å². The lowest BCUT2D eigenvalue weighted by atomic mass is 10.0. The molecule has 0 saturated carbocycles. The van der Waals surface area contributed by atoms with Gasteiger partial charge in [0.1, 0.15) is 6.33 Å². The van der Waals surface area contributed by atoms with Crippen LogP contribution in [-0.4, -0.2) is 30.5 Å². The summed E-state index contributed by atoms with van der Waals surface area (Å²) in [7, 11) is 0. The van der Waals surface area contributed by atoms with Crippen molar-refractivity contribution in [3.05, 3.63) is 24.0 Å². The number of nitrogens with one attached hydrogen (secondary N) is 1. The SMILES string of the molecule is CCC(C)CC(C)Nc1nc(Cl)nc(-n2ccnc2)n1. The Balaban J connectivity index is 2.12. The second-order valence-corrected chi connectivity index (χ2v) is 5.33. The Morgan fingerprint density at radius 1 is 1.30 bits per heavy atom. The summed E-state index contributed by atoms with van der Waals surface area (Å²) in [4.78, 5) is 16.5. The lowest BCUT2D eigenvalue weighted by molar-refractivity contribution is 0.482.